The van der Waals surface area contributed by atoms with Crippen LogP contribution >= 0.6 is 11.6 Å². The Bertz CT molecular complexity index is 675. The van der Waals surface area contributed by atoms with Crippen LogP contribution in [0.5, 0.6) is 0 Å². The topological polar surface area (TPSA) is 12.0 Å². The van der Waals surface area contributed by atoms with Gasteiger partial charge in [0, 0.05) is 18.5 Å². The highest BCUT2D eigenvalue weighted by Gasteiger charge is 2.39. The lowest BCUT2D eigenvalue weighted by Gasteiger charge is -2.35. The standard InChI is InChI=1S/C21H19ClN/c22-16-17-23-21(18-10-4-1-5-11-18,19-12-6-2-7-13-19)20-14-8-3-9-15-20/h1-2,4-15,23H,16-17H2/q+1. The van der Waals surface area contributed by atoms with E-state index < -0.39 is 5.54 Å². The summed E-state index contributed by atoms with van der Waals surface area (Å²) in [5, 5.41) is 3.69. The lowest BCUT2D eigenvalue weighted by Crippen LogP contribution is -2.46. The van der Waals surface area contributed by atoms with Gasteiger partial charge in [-0.1, -0.05) is 60.7 Å². The first-order chi connectivity index (χ1) is 11.4. The minimum absolute atomic E-state index is 0.424. The Morgan fingerprint density at radius 2 is 1.52 bits per heavy atom. The van der Waals surface area contributed by atoms with Crippen LogP contribution < -0.4 is 5.32 Å². The molecule has 0 atom stereocenters. The molecule has 114 valence electrons. The minimum atomic E-state index is -0.424. The van der Waals surface area contributed by atoms with Crippen molar-refractivity contribution < 1.29 is 0 Å². The highest BCUT2D eigenvalue weighted by molar-refractivity contribution is 6.18. The maximum absolute atomic E-state index is 6.00. The van der Waals surface area contributed by atoms with Crippen molar-refractivity contribution >= 4 is 11.6 Å². The molecule has 1 nitrogen and oxygen atoms in total. The van der Waals surface area contributed by atoms with E-state index in [9.17, 15) is 0 Å². The van der Waals surface area contributed by atoms with Crippen LogP contribution in [0.3, 0.4) is 0 Å². The largest absolute Gasteiger partial charge is 0.297 e. The molecule has 0 bridgehead atoms. The van der Waals surface area contributed by atoms with Gasteiger partial charge in [-0.2, -0.15) is 0 Å². The lowest BCUT2D eigenvalue weighted by atomic mass is 9.75. The van der Waals surface area contributed by atoms with Crippen LogP contribution in [-0.4, -0.2) is 12.4 Å². The third kappa shape index (κ3) is 3.13. The number of hydrogen-bond donors (Lipinski definition) is 1. The van der Waals surface area contributed by atoms with E-state index in [0.29, 0.717) is 12.4 Å². The first-order valence-electron chi connectivity index (χ1n) is 7.76. The molecule has 0 radical (unpaired) electrons. The van der Waals surface area contributed by atoms with Crippen molar-refractivity contribution in [2.75, 3.05) is 12.4 Å². The lowest BCUT2D eigenvalue weighted by molar-refractivity contribution is 0.488. The van der Waals surface area contributed by atoms with E-state index in [-0.39, 0.29) is 0 Å². The van der Waals surface area contributed by atoms with Gasteiger partial charge in [-0.05, 0) is 11.1 Å². The van der Waals surface area contributed by atoms with E-state index in [1.165, 1.54) is 16.7 Å². The average Bonchev–Trinajstić information content (AvgIpc) is 2.65. The van der Waals surface area contributed by atoms with Crippen molar-refractivity contribution in [2.45, 2.75) is 5.54 Å². The first-order valence-corrected chi connectivity index (χ1v) is 8.30. The van der Waals surface area contributed by atoms with Crippen LogP contribution in [0.4, 0.5) is 0 Å². The molecule has 0 unspecified atom stereocenters. The molecule has 1 aliphatic carbocycles. The molecule has 1 N–H and O–H groups in total. The fourth-order valence-corrected chi connectivity index (χ4v) is 3.15. The summed E-state index contributed by atoms with van der Waals surface area (Å²) in [7, 11) is 0. The molecule has 0 aromatic heterocycles. The Morgan fingerprint density at radius 3 is 2.00 bits per heavy atom. The normalized spacial score (nSPS) is 13.5. The fourth-order valence-electron chi connectivity index (χ4n) is 3.05. The molecule has 0 heterocycles. The third-order valence-corrected chi connectivity index (χ3v) is 4.24. The van der Waals surface area contributed by atoms with Gasteiger partial charge < -0.3 is 0 Å². The summed E-state index contributed by atoms with van der Waals surface area (Å²) >= 11 is 6.00. The molecular weight excluding hydrogens is 302 g/mol. The quantitative estimate of drug-likeness (QED) is 0.605. The summed E-state index contributed by atoms with van der Waals surface area (Å²) in [6, 6.07) is 21.0. The maximum Gasteiger partial charge on any atom is 0.120 e. The van der Waals surface area contributed by atoms with Gasteiger partial charge in [-0.15, -0.1) is 11.6 Å². The predicted octanol–water partition coefficient (Wildman–Crippen LogP) is 4.61. The Balaban J connectivity index is 2.23. The number of alkyl halides is 1. The number of allylic oxidation sites excluding steroid dienone is 4. The van der Waals surface area contributed by atoms with Crippen LogP contribution in [0.2, 0.25) is 0 Å². The van der Waals surface area contributed by atoms with Crippen LogP contribution in [0, 0.1) is 6.08 Å². The van der Waals surface area contributed by atoms with Gasteiger partial charge in [0.05, 0.1) is 17.7 Å². The average molecular weight is 321 g/mol. The van der Waals surface area contributed by atoms with Gasteiger partial charge >= 0.3 is 0 Å². The zero-order valence-electron chi connectivity index (χ0n) is 12.9. The molecule has 0 saturated heterocycles. The molecule has 2 heteroatoms. The SMILES string of the molecule is ClCCNC(C1=CC=[C+]C=C1)(c1ccccc1)c1ccccc1. The van der Waals surface area contributed by atoms with Gasteiger partial charge in [0.1, 0.15) is 17.7 Å². The molecule has 0 aliphatic heterocycles. The number of nitrogens with one attached hydrogen (secondary N) is 1. The van der Waals surface area contributed by atoms with Gasteiger partial charge in [-0.3, -0.25) is 5.32 Å². The number of rotatable bonds is 6. The molecule has 0 spiro atoms. The molecule has 3 rings (SSSR count). The second-order valence-electron chi connectivity index (χ2n) is 5.39. The van der Waals surface area contributed by atoms with Crippen LogP contribution in [0.1, 0.15) is 11.1 Å². The summed E-state index contributed by atoms with van der Waals surface area (Å²) in [6.07, 6.45) is 11.2. The summed E-state index contributed by atoms with van der Waals surface area (Å²) < 4.78 is 0. The second kappa shape index (κ2) is 7.39. The van der Waals surface area contributed by atoms with Gasteiger partial charge in [0.15, 0.2) is 0 Å². The van der Waals surface area contributed by atoms with Crippen LogP contribution in [0.15, 0.2) is 90.5 Å². The highest BCUT2D eigenvalue weighted by Crippen LogP contribution is 2.38. The summed E-state index contributed by atoms with van der Waals surface area (Å²) in [4.78, 5) is 0. The Hall–Kier alpha value is -2.18. The summed E-state index contributed by atoms with van der Waals surface area (Å²) in [5.74, 6) is 0.556. The smallest absolute Gasteiger partial charge is 0.120 e. The third-order valence-electron chi connectivity index (χ3n) is 4.05. The predicted molar refractivity (Wildman–Crippen MR) is 97.4 cm³/mol. The van der Waals surface area contributed by atoms with Crippen molar-refractivity contribution in [2.24, 2.45) is 0 Å². The fraction of sp³-hybridized carbons (Fsp3) is 0.143. The maximum atomic E-state index is 6.00. The first kappa shape index (κ1) is 15.7. The van der Waals surface area contributed by atoms with E-state index in [1.54, 1.807) is 0 Å². The van der Waals surface area contributed by atoms with Gasteiger partial charge in [0.25, 0.3) is 0 Å². The molecule has 1 aliphatic rings. The molecule has 2 aromatic carbocycles. The molecule has 0 fully saturated rings. The van der Waals surface area contributed by atoms with Crippen LogP contribution in [0.25, 0.3) is 0 Å². The van der Waals surface area contributed by atoms with E-state index in [1.807, 2.05) is 24.3 Å². The van der Waals surface area contributed by atoms with E-state index in [2.05, 4.69) is 72.1 Å². The van der Waals surface area contributed by atoms with Crippen molar-refractivity contribution in [1.29, 1.82) is 0 Å². The summed E-state index contributed by atoms with van der Waals surface area (Å²) in [5.41, 5.74) is 3.15. The Morgan fingerprint density at radius 1 is 0.913 bits per heavy atom. The van der Waals surface area contributed by atoms with Crippen molar-refractivity contribution in [3.05, 3.63) is 108 Å². The minimum Gasteiger partial charge on any atom is -0.297 e. The zero-order chi connectivity index (χ0) is 16.0. The Labute approximate surface area is 143 Å². The van der Waals surface area contributed by atoms with E-state index in [4.69, 9.17) is 11.6 Å². The number of hydrogen-bond acceptors (Lipinski definition) is 1. The van der Waals surface area contributed by atoms with Crippen molar-refractivity contribution in [1.82, 2.24) is 5.32 Å². The molecule has 23 heavy (non-hydrogen) atoms. The summed E-state index contributed by atoms with van der Waals surface area (Å²) in [6.45, 7) is 0.712. The second-order valence-corrected chi connectivity index (χ2v) is 5.76. The molecular formula is C21H19ClN+. The van der Waals surface area contributed by atoms with Crippen molar-refractivity contribution in [3.63, 3.8) is 0 Å². The molecule has 2 aromatic rings. The monoisotopic (exact) mass is 320 g/mol. The Kier molecular flexibility index (Phi) is 5.05. The van der Waals surface area contributed by atoms with Crippen LogP contribution in [-0.2, 0) is 5.54 Å². The van der Waals surface area contributed by atoms with E-state index >= 15 is 0 Å². The van der Waals surface area contributed by atoms with E-state index in [0.717, 1.165) is 0 Å². The van der Waals surface area contributed by atoms with Crippen molar-refractivity contribution in [3.8, 4) is 0 Å². The molecule has 0 saturated carbocycles. The van der Waals surface area contributed by atoms with Gasteiger partial charge in [0.2, 0.25) is 0 Å². The van der Waals surface area contributed by atoms with Gasteiger partial charge in [-0.25, -0.2) is 0 Å². The number of benzene rings is 2. The number of halogens is 1. The highest BCUT2D eigenvalue weighted by atomic mass is 35.5. The molecule has 0 amide bonds. The zero-order valence-corrected chi connectivity index (χ0v) is 13.6.